The lowest BCUT2D eigenvalue weighted by atomic mass is 9.72. The molecule has 6 heteroatoms. The van der Waals surface area contributed by atoms with Gasteiger partial charge in [-0.15, -0.1) is 0 Å². The van der Waals surface area contributed by atoms with Crippen molar-refractivity contribution in [1.29, 1.82) is 0 Å². The van der Waals surface area contributed by atoms with E-state index in [1.54, 1.807) is 12.2 Å². The predicted octanol–water partition coefficient (Wildman–Crippen LogP) is 1.83. The van der Waals surface area contributed by atoms with E-state index < -0.39 is 17.5 Å². The summed E-state index contributed by atoms with van der Waals surface area (Å²) in [5.41, 5.74) is 3.89. The van der Waals surface area contributed by atoms with Gasteiger partial charge in [0.05, 0.1) is 5.41 Å². The quantitative estimate of drug-likeness (QED) is 0.842. The van der Waals surface area contributed by atoms with E-state index in [-0.39, 0.29) is 5.70 Å². The van der Waals surface area contributed by atoms with Crippen LogP contribution in [0.4, 0.5) is 13.2 Å². The molecular weight excluding hydrogens is 267 g/mol. The molecule has 2 aliphatic rings. The number of piperazine rings is 1. The van der Waals surface area contributed by atoms with Crippen LogP contribution in [0.15, 0.2) is 23.9 Å². The molecule has 0 bridgehead atoms. The van der Waals surface area contributed by atoms with Crippen molar-refractivity contribution in [1.82, 2.24) is 9.80 Å². The first-order valence-corrected chi connectivity index (χ1v) is 6.86. The van der Waals surface area contributed by atoms with Gasteiger partial charge >= 0.3 is 6.18 Å². The first kappa shape index (κ1) is 15.4. The van der Waals surface area contributed by atoms with Crippen LogP contribution in [0.2, 0.25) is 0 Å². The highest BCUT2D eigenvalue weighted by molar-refractivity contribution is 5.28. The van der Waals surface area contributed by atoms with Crippen LogP contribution in [0.3, 0.4) is 0 Å². The number of likely N-dealkylation sites (N-methyl/N-ethyl adjacent to an activating group) is 1. The second-order valence-electron chi connectivity index (χ2n) is 5.99. The smallest absolute Gasteiger partial charge is 0.398 e. The Morgan fingerprint density at radius 1 is 1.30 bits per heavy atom. The third-order valence-electron chi connectivity index (χ3n) is 4.42. The molecule has 3 nitrogen and oxygen atoms in total. The van der Waals surface area contributed by atoms with E-state index in [0.717, 1.165) is 32.3 Å². The molecule has 114 valence electrons. The molecule has 2 unspecified atom stereocenters. The van der Waals surface area contributed by atoms with E-state index in [1.807, 2.05) is 7.05 Å². The number of halogens is 3. The number of nitrogens with zero attached hydrogens (tertiary/aromatic N) is 2. The molecule has 2 rings (SSSR count). The molecule has 0 amide bonds. The molecule has 0 aromatic carbocycles. The Morgan fingerprint density at radius 3 is 2.45 bits per heavy atom. The molecule has 0 aromatic rings. The summed E-state index contributed by atoms with van der Waals surface area (Å²) in [6.45, 7) is 5.09. The fraction of sp³-hybridized carbons (Fsp3) is 0.714. The maximum atomic E-state index is 13.4. The summed E-state index contributed by atoms with van der Waals surface area (Å²) >= 11 is 0. The van der Waals surface area contributed by atoms with Crippen molar-refractivity contribution in [3.8, 4) is 0 Å². The van der Waals surface area contributed by atoms with Gasteiger partial charge in [0, 0.05) is 44.3 Å². The van der Waals surface area contributed by atoms with Gasteiger partial charge in [-0.05, 0) is 26.1 Å². The minimum atomic E-state index is -4.29. The summed E-state index contributed by atoms with van der Waals surface area (Å²) in [4.78, 5) is 4.29. The number of alkyl halides is 3. The Balaban J connectivity index is 2.11. The molecule has 2 atom stereocenters. The highest BCUT2D eigenvalue weighted by Gasteiger charge is 2.54. The van der Waals surface area contributed by atoms with Gasteiger partial charge in [0.1, 0.15) is 0 Å². The van der Waals surface area contributed by atoms with E-state index in [2.05, 4.69) is 9.80 Å². The summed E-state index contributed by atoms with van der Waals surface area (Å²) in [6, 6.07) is 0. The molecule has 1 fully saturated rings. The van der Waals surface area contributed by atoms with Crippen LogP contribution in [0.1, 0.15) is 6.92 Å². The fourth-order valence-corrected chi connectivity index (χ4v) is 2.78. The van der Waals surface area contributed by atoms with E-state index in [0.29, 0.717) is 6.54 Å². The van der Waals surface area contributed by atoms with Gasteiger partial charge in [-0.25, -0.2) is 0 Å². The second kappa shape index (κ2) is 5.41. The normalized spacial score (nSPS) is 33.2. The minimum Gasteiger partial charge on any atom is -0.399 e. The molecular formula is C14H22F3N3. The Kier molecular flexibility index (Phi) is 4.16. The predicted molar refractivity (Wildman–Crippen MR) is 73.0 cm³/mol. The summed E-state index contributed by atoms with van der Waals surface area (Å²) in [6.07, 6.45) is 0.0722. The zero-order valence-corrected chi connectivity index (χ0v) is 12.0. The first-order valence-electron chi connectivity index (χ1n) is 6.86. The average Bonchev–Trinajstić information content (AvgIpc) is 2.34. The van der Waals surface area contributed by atoms with Crippen molar-refractivity contribution in [3.63, 3.8) is 0 Å². The third-order valence-corrected chi connectivity index (χ3v) is 4.42. The van der Waals surface area contributed by atoms with Gasteiger partial charge in [-0.1, -0.05) is 6.08 Å². The van der Waals surface area contributed by atoms with E-state index in [4.69, 9.17) is 5.73 Å². The number of allylic oxidation sites excluding steroid dienone is 2. The molecule has 1 heterocycles. The van der Waals surface area contributed by atoms with Crippen LogP contribution in [0, 0.1) is 11.3 Å². The number of nitrogens with two attached hydrogens (primary N) is 1. The first-order chi connectivity index (χ1) is 9.22. The molecule has 1 aliphatic heterocycles. The summed E-state index contributed by atoms with van der Waals surface area (Å²) in [5, 5.41) is 0. The highest BCUT2D eigenvalue weighted by atomic mass is 19.4. The summed E-state index contributed by atoms with van der Waals surface area (Å²) in [5.74, 6) is -0.585. The minimum absolute atomic E-state index is 0.194. The number of hydrogen-bond donors (Lipinski definition) is 1. The van der Waals surface area contributed by atoms with Crippen LogP contribution >= 0.6 is 0 Å². The lowest BCUT2D eigenvalue weighted by Gasteiger charge is -2.41. The Hall–Kier alpha value is -1.01. The van der Waals surface area contributed by atoms with Crippen molar-refractivity contribution < 1.29 is 13.2 Å². The standard InChI is InChI=1S/C14H22F3N3/c1-13(14(15,16)17)9-12(18)4-3-11(13)10-20-7-5-19(2)6-8-20/h3-4,9,11H,5-8,10,18H2,1-2H3. The topological polar surface area (TPSA) is 32.5 Å². The highest BCUT2D eigenvalue weighted by Crippen LogP contribution is 2.48. The van der Waals surface area contributed by atoms with Gasteiger partial charge < -0.3 is 15.5 Å². The van der Waals surface area contributed by atoms with E-state index in [1.165, 1.54) is 6.92 Å². The molecule has 0 saturated carbocycles. The number of hydrogen-bond acceptors (Lipinski definition) is 3. The SMILES string of the molecule is CN1CCN(CC2C=CC(N)=CC2(C)C(F)(F)F)CC1. The molecule has 2 N–H and O–H groups in total. The van der Waals surface area contributed by atoms with Crippen LogP contribution in [0.25, 0.3) is 0 Å². The fourth-order valence-electron chi connectivity index (χ4n) is 2.78. The maximum Gasteiger partial charge on any atom is 0.398 e. The molecule has 1 saturated heterocycles. The Morgan fingerprint density at radius 2 is 1.90 bits per heavy atom. The van der Waals surface area contributed by atoms with Crippen molar-refractivity contribution in [2.75, 3.05) is 39.8 Å². The van der Waals surface area contributed by atoms with Crippen LogP contribution in [-0.2, 0) is 0 Å². The van der Waals surface area contributed by atoms with Gasteiger partial charge in [0.2, 0.25) is 0 Å². The van der Waals surface area contributed by atoms with E-state index in [9.17, 15) is 13.2 Å². The van der Waals surface area contributed by atoms with Crippen molar-refractivity contribution >= 4 is 0 Å². The average molecular weight is 289 g/mol. The molecule has 0 aromatic heterocycles. The van der Waals surface area contributed by atoms with Crippen LogP contribution in [0.5, 0.6) is 0 Å². The zero-order valence-electron chi connectivity index (χ0n) is 12.0. The summed E-state index contributed by atoms with van der Waals surface area (Å²) in [7, 11) is 2.03. The van der Waals surface area contributed by atoms with Crippen molar-refractivity contribution in [2.24, 2.45) is 17.1 Å². The maximum absolute atomic E-state index is 13.4. The molecule has 0 spiro atoms. The second-order valence-corrected chi connectivity index (χ2v) is 5.99. The van der Waals surface area contributed by atoms with Crippen molar-refractivity contribution in [3.05, 3.63) is 23.9 Å². The summed E-state index contributed by atoms with van der Waals surface area (Å²) < 4.78 is 40.2. The van der Waals surface area contributed by atoms with Gasteiger partial charge in [0.25, 0.3) is 0 Å². The molecule has 0 radical (unpaired) electrons. The Bertz CT molecular complexity index is 408. The van der Waals surface area contributed by atoms with Gasteiger partial charge in [0.15, 0.2) is 0 Å². The largest absolute Gasteiger partial charge is 0.399 e. The van der Waals surface area contributed by atoms with Gasteiger partial charge in [-0.3, -0.25) is 0 Å². The van der Waals surface area contributed by atoms with Gasteiger partial charge in [-0.2, -0.15) is 13.2 Å². The molecule has 1 aliphatic carbocycles. The van der Waals surface area contributed by atoms with E-state index >= 15 is 0 Å². The lowest BCUT2D eigenvalue weighted by Crippen LogP contribution is -2.50. The monoisotopic (exact) mass is 289 g/mol. The lowest BCUT2D eigenvalue weighted by molar-refractivity contribution is -0.214. The zero-order chi connectivity index (χ0) is 15.0. The number of rotatable bonds is 2. The van der Waals surface area contributed by atoms with Crippen LogP contribution < -0.4 is 5.73 Å². The third kappa shape index (κ3) is 3.01. The van der Waals surface area contributed by atoms with Crippen molar-refractivity contribution in [2.45, 2.75) is 13.1 Å². The molecule has 20 heavy (non-hydrogen) atoms. The Labute approximate surface area is 117 Å². The van der Waals surface area contributed by atoms with Crippen LogP contribution in [-0.4, -0.2) is 55.7 Å².